The molecule has 0 radical (unpaired) electrons. The topological polar surface area (TPSA) is 95.5 Å². The fraction of sp³-hybridized carbons (Fsp3) is 0.348. The van der Waals surface area contributed by atoms with Crippen LogP contribution in [0.25, 0.3) is 17.3 Å². The fourth-order valence-corrected chi connectivity index (χ4v) is 4.68. The summed E-state index contributed by atoms with van der Waals surface area (Å²) in [6.45, 7) is 2.75. The van der Waals surface area contributed by atoms with Crippen LogP contribution in [-0.2, 0) is 9.59 Å². The minimum absolute atomic E-state index is 0.205. The van der Waals surface area contributed by atoms with E-state index in [9.17, 15) is 18.8 Å². The van der Waals surface area contributed by atoms with Gasteiger partial charge in [-0.25, -0.2) is 9.37 Å². The molecule has 170 valence electrons. The standard InChI is InChI=1S/C23H22FN5O3S/c24-17-5-2-14(11-19-21(30)27-23(32)33-19)10-16(17)18-12-25-13-20(26-18)28-6-1-7-29(9-8-28)22(31)15-3-4-15/h2,5,10-13,15H,1,3-4,6-9H2,(H,27,30,32)/b19-11-. The van der Waals surface area contributed by atoms with Crippen molar-refractivity contribution in [1.29, 1.82) is 0 Å². The lowest BCUT2D eigenvalue weighted by Crippen LogP contribution is -2.36. The third-order valence-electron chi connectivity index (χ3n) is 5.89. The van der Waals surface area contributed by atoms with Crippen molar-refractivity contribution >= 4 is 40.7 Å². The molecule has 3 fully saturated rings. The number of amides is 3. The summed E-state index contributed by atoms with van der Waals surface area (Å²) in [5, 5.41) is 1.77. The Labute approximate surface area is 194 Å². The number of imide groups is 1. The van der Waals surface area contributed by atoms with E-state index in [4.69, 9.17) is 0 Å². The molecule has 2 aliphatic heterocycles. The van der Waals surface area contributed by atoms with Gasteiger partial charge >= 0.3 is 0 Å². The maximum absolute atomic E-state index is 14.7. The number of hydrogen-bond acceptors (Lipinski definition) is 7. The van der Waals surface area contributed by atoms with E-state index in [1.165, 1.54) is 12.3 Å². The molecule has 5 rings (SSSR count). The number of hydrogen-bond donors (Lipinski definition) is 1. The Bertz CT molecular complexity index is 1170. The highest BCUT2D eigenvalue weighted by Gasteiger charge is 2.34. The summed E-state index contributed by atoms with van der Waals surface area (Å²) < 4.78 is 14.7. The van der Waals surface area contributed by atoms with Crippen molar-refractivity contribution in [3.8, 4) is 11.3 Å². The van der Waals surface area contributed by atoms with Crippen LogP contribution in [-0.4, -0.2) is 58.1 Å². The third-order valence-corrected chi connectivity index (χ3v) is 6.70. The Morgan fingerprint density at radius 3 is 2.76 bits per heavy atom. The molecule has 0 atom stereocenters. The van der Waals surface area contributed by atoms with E-state index in [1.54, 1.807) is 24.4 Å². The monoisotopic (exact) mass is 467 g/mol. The normalized spacial score (nSPS) is 20.2. The number of nitrogens with one attached hydrogen (secondary N) is 1. The lowest BCUT2D eigenvalue weighted by Gasteiger charge is -2.23. The van der Waals surface area contributed by atoms with Gasteiger partial charge in [-0.15, -0.1) is 0 Å². The molecule has 8 nitrogen and oxygen atoms in total. The van der Waals surface area contributed by atoms with Gasteiger partial charge in [0.1, 0.15) is 11.6 Å². The van der Waals surface area contributed by atoms with Crippen molar-refractivity contribution < 1.29 is 18.8 Å². The summed E-state index contributed by atoms with van der Waals surface area (Å²) in [4.78, 5) is 48.8. The number of carbonyl (C=O) groups excluding carboxylic acids is 3. The Morgan fingerprint density at radius 1 is 1.15 bits per heavy atom. The largest absolute Gasteiger partial charge is 0.353 e. The van der Waals surface area contributed by atoms with Gasteiger partial charge in [0.05, 0.1) is 23.0 Å². The van der Waals surface area contributed by atoms with Crippen LogP contribution < -0.4 is 10.2 Å². The van der Waals surface area contributed by atoms with E-state index in [1.807, 2.05) is 4.90 Å². The molecule has 33 heavy (non-hydrogen) atoms. The SMILES string of the molecule is O=C1NC(=O)/C(=C/c2ccc(F)c(-c3cncc(N4CCCN(C(=O)C5CC5)CC4)n3)c2)S1. The Morgan fingerprint density at radius 2 is 2.00 bits per heavy atom. The predicted octanol–water partition coefficient (Wildman–Crippen LogP) is 3.06. The van der Waals surface area contributed by atoms with E-state index in [-0.39, 0.29) is 22.3 Å². The van der Waals surface area contributed by atoms with Gasteiger partial charge in [0.15, 0.2) is 0 Å². The number of thioether (sulfide) groups is 1. The van der Waals surface area contributed by atoms with Crippen molar-refractivity contribution in [3.63, 3.8) is 0 Å². The average Bonchev–Trinajstić information content (AvgIpc) is 3.63. The molecular formula is C23H22FN5O3S. The van der Waals surface area contributed by atoms with Gasteiger partial charge in [0.25, 0.3) is 11.1 Å². The highest BCUT2D eigenvalue weighted by Crippen LogP contribution is 2.32. The molecule has 3 amide bonds. The minimum Gasteiger partial charge on any atom is -0.353 e. The van der Waals surface area contributed by atoms with E-state index in [0.29, 0.717) is 30.2 Å². The van der Waals surface area contributed by atoms with Crippen LogP contribution in [0.5, 0.6) is 0 Å². The zero-order valence-corrected chi connectivity index (χ0v) is 18.6. The van der Waals surface area contributed by atoms with Crippen LogP contribution in [0.1, 0.15) is 24.8 Å². The Balaban J connectivity index is 1.37. The lowest BCUT2D eigenvalue weighted by atomic mass is 10.1. The summed E-state index contributed by atoms with van der Waals surface area (Å²) in [5.41, 5.74) is 1.21. The van der Waals surface area contributed by atoms with Crippen LogP contribution in [0, 0.1) is 11.7 Å². The first-order valence-electron chi connectivity index (χ1n) is 10.9. The number of anilines is 1. The highest BCUT2D eigenvalue weighted by atomic mass is 32.2. The van der Waals surface area contributed by atoms with E-state index < -0.39 is 17.0 Å². The first kappa shape index (κ1) is 21.6. The molecule has 1 aromatic heterocycles. The van der Waals surface area contributed by atoms with Gasteiger partial charge < -0.3 is 9.80 Å². The van der Waals surface area contributed by atoms with Crippen LogP contribution in [0.15, 0.2) is 35.5 Å². The number of carbonyl (C=O) groups is 3. The smallest absolute Gasteiger partial charge is 0.290 e. The summed E-state index contributed by atoms with van der Waals surface area (Å²) in [7, 11) is 0. The van der Waals surface area contributed by atoms with Crippen LogP contribution >= 0.6 is 11.8 Å². The van der Waals surface area contributed by atoms with Gasteiger partial charge in [-0.1, -0.05) is 6.07 Å². The van der Waals surface area contributed by atoms with Crippen molar-refractivity contribution in [2.24, 2.45) is 5.92 Å². The van der Waals surface area contributed by atoms with E-state index >= 15 is 0 Å². The second-order valence-corrected chi connectivity index (χ2v) is 9.31. The van der Waals surface area contributed by atoms with Crippen LogP contribution in [0.4, 0.5) is 15.0 Å². The lowest BCUT2D eigenvalue weighted by molar-refractivity contribution is -0.132. The van der Waals surface area contributed by atoms with Gasteiger partial charge in [-0.2, -0.15) is 0 Å². The van der Waals surface area contributed by atoms with Crippen molar-refractivity contribution in [2.45, 2.75) is 19.3 Å². The molecule has 1 N–H and O–H groups in total. The molecule has 3 aliphatic rings. The Kier molecular flexibility index (Phi) is 5.84. The van der Waals surface area contributed by atoms with E-state index in [2.05, 4.69) is 20.2 Å². The summed E-state index contributed by atoms with van der Waals surface area (Å²) in [6, 6.07) is 4.44. The molecule has 1 aromatic carbocycles. The number of aromatic nitrogens is 2. The molecule has 3 heterocycles. The molecule has 2 aromatic rings. The molecule has 2 saturated heterocycles. The highest BCUT2D eigenvalue weighted by molar-refractivity contribution is 8.18. The molecule has 0 bridgehead atoms. The quantitative estimate of drug-likeness (QED) is 0.691. The first-order chi connectivity index (χ1) is 16.0. The van der Waals surface area contributed by atoms with Gasteiger partial charge in [-0.3, -0.25) is 24.7 Å². The molecule has 10 heteroatoms. The second-order valence-electron chi connectivity index (χ2n) is 8.29. The summed E-state index contributed by atoms with van der Waals surface area (Å²) >= 11 is 0.810. The van der Waals surface area contributed by atoms with Crippen molar-refractivity contribution in [1.82, 2.24) is 20.2 Å². The predicted molar refractivity (Wildman–Crippen MR) is 123 cm³/mol. The number of benzene rings is 1. The van der Waals surface area contributed by atoms with Crippen LogP contribution in [0.2, 0.25) is 0 Å². The Hall–Kier alpha value is -3.27. The molecule has 1 saturated carbocycles. The third kappa shape index (κ3) is 4.75. The van der Waals surface area contributed by atoms with Gasteiger partial charge in [0, 0.05) is 37.7 Å². The summed E-state index contributed by atoms with van der Waals surface area (Å²) in [6.07, 6.45) is 7.52. The van der Waals surface area contributed by atoms with Gasteiger partial charge in [-0.05, 0) is 54.8 Å². The molecule has 0 unspecified atom stereocenters. The second kappa shape index (κ2) is 8.93. The molecule has 1 aliphatic carbocycles. The number of halogens is 1. The minimum atomic E-state index is -0.465. The van der Waals surface area contributed by atoms with Crippen molar-refractivity contribution in [2.75, 3.05) is 31.1 Å². The maximum Gasteiger partial charge on any atom is 0.290 e. The van der Waals surface area contributed by atoms with Crippen LogP contribution in [0.3, 0.4) is 0 Å². The van der Waals surface area contributed by atoms with E-state index in [0.717, 1.165) is 44.1 Å². The van der Waals surface area contributed by atoms with Crippen molar-refractivity contribution in [3.05, 3.63) is 46.9 Å². The summed E-state index contributed by atoms with van der Waals surface area (Å²) in [5.74, 6) is 0.165. The fourth-order valence-electron chi connectivity index (χ4n) is 3.99. The van der Waals surface area contributed by atoms with Gasteiger partial charge in [0.2, 0.25) is 5.91 Å². The zero-order chi connectivity index (χ0) is 22.9. The average molecular weight is 468 g/mol. The maximum atomic E-state index is 14.7. The first-order valence-corrected chi connectivity index (χ1v) is 11.7. The number of rotatable bonds is 4. The molecule has 0 spiro atoms. The zero-order valence-electron chi connectivity index (χ0n) is 17.8. The molecular weight excluding hydrogens is 445 g/mol. The number of nitrogens with zero attached hydrogens (tertiary/aromatic N) is 4.